The molecule has 0 aliphatic carbocycles. The number of nitrogens with zero attached hydrogens (tertiary/aromatic N) is 3. The summed E-state index contributed by atoms with van der Waals surface area (Å²) >= 11 is 7.58. The van der Waals surface area contributed by atoms with Crippen molar-refractivity contribution >= 4 is 27.9 Å². The van der Waals surface area contributed by atoms with E-state index in [-0.39, 0.29) is 0 Å². The molecule has 0 spiro atoms. The number of halogens is 1. The number of hydrogen-bond acceptors (Lipinski definition) is 3. The maximum absolute atomic E-state index is 5.90. The molecule has 20 heavy (non-hydrogen) atoms. The lowest BCUT2D eigenvalue weighted by Crippen LogP contribution is -1.87. The number of unbranched alkanes of at least 4 members (excludes halogenated alkanes) is 2. The highest BCUT2D eigenvalue weighted by atomic mass is 35.5. The van der Waals surface area contributed by atoms with Crippen molar-refractivity contribution in [2.24, 2.45) is 0 Å². The van der Waals surface area contributed by atoms with Gasteiger partial charge in [0.15, 0.2) is 0 Å². The highest BCUT2D eigenvalue weighted by Gasteiger charge is 2.09. The first-order valence-corrected chi connectivity index (χ1v) is 8.07. The molecule has 3 nitrogen and oxygen atoms in total. The summed E-state index contributed by atoms with van der Waals surface area (Å²) in [6, 6.07) is 7.73. The number of fused-ring (bicyclic) bond motifs is 1. The molecule has 0 unspecified atom stereocenters. The minimum absolute atomic E-state index is 0.742. The van der Waals surface area contributed by atoms with Gasteiger partial charge in [-0.25, -0.2) is 9.50 Å². The van der Waals surface area contributed by atoms with Crippen LogP contribution in [-0.4, -0.2) is 14.6 Å². The molecular weight excluding hydrogens is 290 g/mol. The normalized spacial score (nSPS) is 11.3. The first-order chi connectivity index (χ1) is 9.76. The monoisotopic (exact) mass is 305 g/mol. The van der Waals surface area contributed by atoms with Crippen molar-refractivity contribution in [2.75, 3.05) is 0 Å². The molecule has 0 amide bonds. The van der Waals surface area contributed by atoms with Gasteiger partial charge in [0.25, 0.3) is 0 Å². The average Bonchev–Trinajstić information content (AvgIpc) is 2.98. The number of rotatable bonds is 5. The molecule has 2 aromatic heterocycles. The van der Waals surface area contributed by atoms with Gasteiger partial charge in [-0.2, -0.15) is 5.10 Å². The van der Waals surface area contributed by atoms with Crippen molar-refractivity contribution in [3.63, 3.8) is 0 Å². The Morgan fingerprint density at radius 3 is 2.70 bits per heavy atom. The van der Waals surface area contributed by atoms with Crippen LogP contribution in [0.1, 0.15) is 31.2 Å². The second-order valence-electron chi connectivity index (χ2n) is 4.81. The Morgan fingerprint density at radius 2 is 2.00 bits per heavy atom. The summed E-state index contributed by atoms with van der Waals surface area (Å²) in [6.45, 7) is 2.22. The van der Waals surface area contributed by atoms with E-state index in [1.165, 1.54) is 24.3 Å². The summed E-state index contributed by atoms with van der Waals surface area (Å²) in [4.78, 5) is 5.60. The molecule has 2 heterocycles. The molecule has 0 aliphatic heterocycles. The van der Waals surface area contributed by atoms with E-state index in [9.17, 15) is 0 Å². The van der Waals surface area contributed by atoms with Crippen LogP contribution in [0.15, 0.2) is 30.5 Å². The van der Waals surface area contributed by atoms with E-state index in [1.807, 2.05) is 35.0 Å². The van der Waals surface area contributed by atoms with Crippen molar-refractivity contribution in [2.45, 2.75) is 32.6 Å². The van der Waals surface area contributed by atoms with Crippen molar-refractivity contribution in [3.05, 3.63) is 40.5 Å². The minimum Gasteiger partial charge on any atom is -0.217 e. The van der Waals surface area contributed by atoms with Crippen LogP contribution < -0.4 is 0 Å². The second kappa shape index (κ2) is 5.94. The fraction of sp³-hybridized carbons (Fsp3) is 0.333. The van der Waals surface area contributed by atoms with Gasteiger partial charge < -0.3 is 0 Å². The van der Waals surface area contributed by atoms with Crippen molar-refractivity contribution in [1.82, 2.24) is 14.6 Å². The highest BCUT2D eigenvalue weighted by Crippen LogP contribution is 2.24. The van der Waals surface area contributed by atoms with Gasteiger partial charge in [-0.05, 0) is 18.6 Å². The van der Waals surface area contributed by atoms with Crippen molar-refractivity contribution < 1.29 is 0 Å². The van der Waals surface area contributed by atoms with Gasteiger partial charge in [-0.15, -0.1) is 0 Å². The minimum atomic E-state index is 0.742. The molecule has 0 fully saturated rings. The maximum atomic E-state index is 5.90. The molecule has 0 saturated carbocycles. The molecule has 0 atom stereocenters. The van der Waals surface area contributed by atoms with E-state index in [2.05, 4.69) is 17.0 Å². The average molecular weight is 306 g/mol. The SMILES string of the molecule is CCCCCc1nn2cc(-c3ccc(Cl)cc3)nc2s1. The molecule has 0 N–H and O–H groups in total. The molecule has 0 aliphatic rings. The van der Waals surface area contributed by atoms with Gasteiger partial charge in [0.2, 0.25) is 4.96 Å². The van der Waals surface area contributed by atoms with E-state index in [1.54, 1.807) is 11.3 Å². The van der Waals surface area contributed by atoms with Crippen LogP contribution in [0.5, 0.6) is 0 Å². The van der Waals surface area contributed by atoms with Crippen molar-refractivity contribution in [1.29, 1.82) is 0 Å². The fourth-order valence-corrected chi connectivity index (χ4v) is 3.17. The predicted octanol–water partition coefficient (Wildman–Crippen LogP) is 4.84. The molecule has 1 aromatic carbocycles. The van der Waals surface area contributed by atoms with Crippen LogP contribution in [0, 0.1) is 0 Å². The largest absolute Gasteiger partial charge is 0.217 e. The first-order valence-electron chi connectivity index (χ1n) is 6.87. The fourth-order valence-electron chi connectivity index (χ4n) is 2.13. The van der Waals surface area contributed by atoms with E-state index in [0.29, 0.717) is 0 Å². The molecule has 0 radical (unpaired) electrons. The summed E-state index contributed by atoms with van der Waals surface area (Å²) < 4.78 is 1.88. The Balaban J connectivity index is 1.81. The van der Waals surface area contributed by atoms with Gasteiger partial charge in [0, 0.05) is 17.0 Å². The Hall–Kier alpha value is -1.39. The number of hydrogen-bond donors (Lipinski definition) is 0. The lowest BCUT2D eigenvalue weighted by atomic mass is 10.2. The first kappa shape index (κ1) is 13.6. The van der Waals surface area contributed by atoms with Crippen molar-refractivity contribution in [3.8, 4) is 11.3 Å². The Bertz CT molecular complexity index is 668. The van der Waals surface area contributed by atoms with Crippen LogP contribution in [0.4, 0.5) is 0 Å². The lowest BCUT2D eigenvalue weighted by Gasteiger charge is -1.95. The topological polar surface area (TPSA) is 30.2 Å². The number of aryl methyl sites for hydroxylation is 1. The number of imidazole rings is 1. The van der Waals surface area contributed by atoms with E-state index >= 15 is 0 Å². The summed E-state index contributed by atoms with van der Waals surface area (Å²) in [5.74, 6) is 0. The van der Waals surface area contributed by atoms with Crippen LogP contribution >= 0.6 is 22.9 Å². The summed E-state index contributed by atoms with van der Waals surface area (Å²) in [6.07, 6.45) is 6.74. The third-order valence-corrected chi connectivity index (χ3v) is 4.45. The summed E-state index contributed by atoms with van der Waals surface area (Å²) in [5.41, 5.74) is 2.01. The summed E-state index contributed by atoms with van der Waals surface area (Å²) in [7, 11) is 0. The Labute approximate surface area is 127 Å². The van der Waals surface area contributed by atoms with Gasteiger partial charge in [0.05, 0.1) is 11.9 Å². The maximum Gasteiger partial charge on any atom is 0.212 e. The summed E-state index contributed by atoms with van der Waals surface area (Å²) in [5, 5.41) is 6.51. The second-order valence-corrected chi connectivity index (χ2v) is 6.29. The quantitative estimate of drug-likeness (QED) is 0.631. The molecule has 104 valence electrons. The van der Waals surface area contributed by atoms with Gasteiger partial charge >= 0.3 is 0 Å². The molecule has 3 aromatic rings. The smallest absolute Gasteiger partial charge is 0.212 e. The highest BCUT2D eigenvalue weighted by molar-refractivity contribution is 7.16. The zero-order valence-corrected chi connectivity index (χ0v) is 12.9. The van der Waals surface area contributed by atoms with E-state index < -0.39 is 0 Å². The number of benzene rings is 1. The molecular formula is C15H16ClN3S. The van der Waals surface area contributed by atoms with Crippen LogP contribution in [0.2, 0.25) is 5.02 Å². The Kier molecular flexibility index (Phi) is 4.03. The predicted molar refractivity (Wildman–Crippen MR) is 84.5 cm³/mol. The third kappa shape index (κ3) is 2.86. The van der Waals surface area contributed by atoms with Gasteiger partial charge in [-0.1, -0.05) is 54.8 Å². The lowest BCUT2D eigenvalue weighted by molar-refractivity contribution is 0.706. The molecule has 3 rings (SSSR count). The third-order valence-electron chi connectivity index (χ3n) is 3.22. The molecule has 0 saturated heterocycles. The van der Waals surface area contributed by atoms with Gasteiger partial charge in [0.1, 0.15) is 5.01 Å². The van der Waals surface area contributed by atoms with E-state index in [0.717, 1.165) is 27.7 Å². The molecule has 0 bridgehead atoms. The zero-order chi connectivity index (χ0) is 13.9. The number of aromatic nitrogens is 3. The zero-order valence-electron chi connectivity index (χ0n) is 11.3. The molecule has 5 heteroatoms. The van der Waals surface area contributed by atoms with E-state index in [4.69, 9.17) is 11.6 Å². The Morgan fingerprint density at radius 1 is 1.20 bits per heavy atom. The van der Waals surface area contributed by atoms with Crippen LogP contribution in [0.25, 0.3) is 16.2 Å². The standard InChI is InChI=1S/C15H16ClN3S/c1-2-3-4-5-14-18-19-10-13(17-15(19)20-14)11-6-8-12(16)9-7-11/h6-10H,2-5H2,1H3. The van der Waals surface area contributed by atoms with Gasteiger partial charge in [-0.3, -0.25) is 0 Å². The van der Waals surface area contributed by atoms with Crippen LogP contribution in [0.3, 0.4) is 0 Å². The van der Waals surface area contributed by atoms with Crippen LogP contribution in [-0.2, 0) is 6.42 Å².